The van der Waals surface area contributed by atoms with Crippen molar-refractivity contribution in [1.29, 1.82) is 0 Å². The summed E-state index contributed by atoms with van der Waals surface area (Å²) in [7, 11) is 1.88. The normalized spacial score (nSPS) is 23.1. The van der Waals surface area contributed by atoms with E-state index in [-0.39, 0.29) is 11.3 Å². The van der Waals surface area contributed by atoms with Gasteiger partial charge < -0.3 is 10.2 Å². The lowest BCUT2D eigenvalue weighted by atomic mass is 9.88. The summed E-state index contributed by atoms with van der Waals surface area (Å²) >= 11 is 3.52. The van der Waals surface area contributed by atoms with Crippen LogP contribution in [0.5, 0.6) is 0 Å². The summed E-state index contributed by atoms with van der Waals surface area (Å²) in [5.41, 5.74) is 0.902. The fourth-order valence-electron chi connectivity index (χ4n) is 2.41. The quantitative estimate of drug-likeness (QED) is 0.930. The average molecular weight is 311 g/mol. The van der Waals surface area contributed by atoms with Crippen LogP contribution in [-0.2, 0) is 11.3 Å². The van der Waals surface area contributed by atoms with Crippen LogP contribution in [0.2, 0.25) is 0 Å². The van der Waals surface area contributed by atoms with Crippen molar-refractivity contribution >= 4 is 21.8 Å². The zero-order valence-corrected chi connectivity index (χ0v) is 12.5. The van der Waals surface area contributed by atoms with Gasteiger partial charge in [0.05, 0.1) is 5.41 Å². The molecular weight excluding hydrogens is 292 g/mol. The Morgan fingerprint density at radius 1 is 1.50 bits per heavy atom. The summed E-state index contributed by atoms with van der Waals surface area (Å²) in [6.07, 6.45) is 0.923. The largest absolute Gasteiger partial charge is 0.341 e. The van der Waals surface area contributed by atoms with Gasteiger partial charge in [-0.15, -0.1) is 0 Å². The van der Waals surface area contributed by atoms with Gasteiger partial charge in [0.15, 0.2) is 0 Å². The topological polar surface area (TPSA) is 32.3 Å². The van der Waals surface area contributed by atoms with E-state index in [2.05, 4.69) is 21.2 Å². The predicted octanol–water partition coefficient (Wildman–Crippen LogP) is 2.41. The molecule has 1 fully saturated rings. The van der Waals surface area contributed by atoms with Crippen LogP contribution in [0.3, 0.4) is 0 Å². The standard InChI is InChI=1S/C14H19BrN2O/c1-14(7-8-16-10-14)13(18)17(2)9-11-5-3-4-6-12(11)15/h3-6,16H,7-10H2,1-2H3. The summed E-state index contributed by atoms with van der Waals surface area (Å²) in [5, 5.41) is 3.27. The van der Waals surface area contributed by atoms with E-state index in [4.69, 9.17) is 0 Å². The third-order valence-corrected chi connectivity index (χ3v) is 4.37. The lowest BCUT2D eigenvalue weighted by molar-refractivity contribution is -0.139. The van der Waals surface area contributed by atoms with Crippen LogP contribution < -0.4 is 5.32 Å². The van der Waals surface area contributed by atoms with Crippen molar-refractivity contribution in [1.82, 2.24) is 10.2 Å². The molecule has 0 spiro atoms. The van der Waals surface area contributed by atoms with Crippen LogP contribution in [0, 0.1) is 5.41 Å². The molecule has 1 aromatic carbocycles. The molecule has 98 valence electrons. The van der Waals surface area contributed by atoms with E-state index in [0.29, 0.717) is 6.54 Å². The first-order valence-corrected chi connectivity index (χ1v) is 7.02. The number of nitrogens with one attached hydrogen (secondary N) is 1. The van der Waals surface area contributed by atoms with E-state index >= 15 is 0 Å². The first kappa shape index (κ1) is 13.6. The molecule has 1 unspecified atom stereocenters. The Balaban J connectivity index is 2.06. The third kappa shape index (κ3) is 2.75. The van der Waals surface area contributed by atoms with Crippen molar-refractivity contribution < 1.29 is 4.79 Å². The molecule has 0 radical (unpaired) electrons. The second-order valence-electron chi connectivity index (χ2n) is 5.24. The van der Waals surface area contributed by atoms with Crippen molar-refractivity contribution in [2.75, 3.05) is 20.1 Å². The first-order valence-electron chi connectivity index (χ1n) is 6.23. The lowest BCUT2D eigenvalue weighted by Gasteiger charge is -2.28. The maximum atomic E-state index is 12.5. The van der Waals surface area contributed by atoms with E-state index < -0.39 is 0 Å². The number of benzene rings is 1. The Morgan fingerprint density at radius 2 is 2.22 bits per heavy atom. The Labute approximate surface area is 117 Å². The van der Waals surface area contributed by atoms with Crippen LogP contribution in [-0.4, -0.2) is 30.9 Å². The minimum Gasteiger partial charge on any atom is -0.341 e. The molecular formula is C14H19BrN2O. The van der Waals surface area contributed by atoms with Crippen molar-refractivity contribution in [3.63, 3.8) is 0 Å². The Kier molecular flexibility index (Phi) is 4.07. The van der Waals surface area contributed by atoms with Crippen molar-refractivity contribution in [2.24, 2.45) is 5.41 Å². The SMILES string of the molecule is CN(Cc1ccccc1Br)C(=O)C1(C)CCNC1. The number of nitrogens with zero attached hydrogens (tertiary/aromatic N) is 1. The van der Waals surface area contributed by atoms with Gasteiger partial charge >= 0.3 is 0 Å². The molecule has 1 atom stereocenters. The minimum atomic E-state index is -0.240. The van der Waals surface area contributed by atoms with E-state index in [1.54, 1.807) is 0 Å². The highest BCUT2D eigenvalue weighted by Crippen LogP contribution is 2.28. The number of rotatable bonds is 3. The highest BCUT2D eigenvalue weighted by molar-refractivity contribution is 9.10. The van der Waals surface area contributed by atoms with Gasteiger partial charge in [0, 0.05) is 24.6 Å². The summed E-state index contributed by atoms with van der Waals surface area (Å²) in [5.74, 6) is 0.225. The van der Waals surface area contributed by atoms with Gasteiger partial charge in [-0.05, 0) is 31.5 Å². The van der Waals surface area contributed by atoms with Crippen LogP contribution in [0.25, 0.3) is 0 Å². The fraction of sp³-hybridized carbons (Fsp3) is 0.500. The number of hydrogen-bond donors (Lipinski definition) is 1. The molecule has 1 heterocycles. The average Bonchev–Trinajstić information content (AvgIpc) is 2.79. The monoisotopic (exact) mass is 310 g/mol. The van der Waals surface area contributed by atoms with E-state index in [1.807, 2.05) is 43.1 Å². The number of carbonyl (C=O) groups is 1. The smallest absolute Gasteiger partial charge is 0.229 e. The van der Waals surface area contributed by atoms with Gasteiger partial charge in [-0.2, -0.15) is 0 Å². The Morgan fingerprint density at radius 3 is 2.83 bits per heavy atom. The molecule has 0 aromatic heterocycles. The molecule has 1 saturated heterocycles. The van der Waals surface area contributed by atoms with Crippen molar-refractivity contribution in [3.05, 3.63) is 34.3 Å². The van der Waals surface area contributed by atoms with Crippen molar-refractivity contribution in [3.8, 4) is 0 Å². The molecule has 2 rings (SSSR count). The zero-order chi connectivity index (χ0) is 13.2. The highest BCUT2D eigenvalue weighted by atomic mass is 79.9. The molecule has 1 aliphatic heterocycles. The summed E-state index contributed by atoms with van der Waals surface area (Å²) in [6.45, 7) is 4.42. The number of carbonyl (C=O) groups excluding carboxylic acids is 1. The lowest BCUT2D eigenvalue weighted by Crippen LogP contribution is -2.41. The predicted molar refractivity (Wildman–Crippen MR) is 76.2 cm³/mol. The van der Waals surface area contributed by atoms with Gasteiger partial charge in [-0.3, -0.25) is 4.79 Å². The van der Waals surface area contributed by atoms with E-state index in [1.165, 1.54) is 0 Å². The summed E-state index contributed by atoms with van der Waals surface area (Å²) in [6, 6.07) is 8.03. The van der Waals surface area contributed by atoms with E-state index in [0.717, 1.165) is 29.5 Å². The second kappa shape index (κ2) is 5.41. The molecule has 0 aliphatic carbocycles. The van der Waals surface area contributed by atoms with Gasteiger partial charge in [0.25, 0.3) is 0 Å². The molecule has 4 heteroatoms. The molecule has 0 saturated carbocycles. The van der Waals surface area contributed by atoms with Crippen LogP contribution >= 0.6 is 15.9 Å². The fourth-order valence-corrected chi connectivity index (χ4v) is 2.82. The molecule has 1 N–H and O–H groups in total. The van der Waals surface area contributed by atoms with Gasteiger partial charge in [-0.1, -0.05) is 34.1 Å². The third-order valence-electron chi connectivity index (χ3n) is 3.60. The molecule has 1 amide bonds. The zero-order valence-electron chi connectivity index (χ0n) is 10.9. The summed E-state index contributed by atoms with van der Waals surface area (Å²) in [4.78, 5) is 14.3. The van der Waals surface area contributed by atoms with Gasteiger partial charge in [-0.25, -0.2) is 0 Å². The van der Waals surface area contributed by atoms with Crippen LogP contribution in [0.15, 0.2) is 28.7 Å². The van der Waals surface area contributed by atoms with E-state index in [9.17, 15) is 4.79 Å². The number of halogens is 1. The van der Waals surface area contributed by atoms with Gasteiger partial charge in [0.2, 0.25) is 5.91 Å². The molecule has 1 aliphatic rings. The second-order valence-corrected chi connectivity index (χ2v) is 6.09. The molecule has 0 bridgehead atoms. The summed E-state index contributed by atoms with van der Waals surface area (Å²) < 4.78 is 1.05. The highest BCUT2D eigenvalue weighted by Gasteiger charge is 2.38. The minimum absolute atomic E-state index is 0.225. The molecule has 1 aromatic rings. The maximum absolute atomic E-state index is 12.5. The van der Waals surface area contributed by atoms with Crippen molar-refractivity contribution in [2.45, 2.75) is 19.9 Å². The first-order chi connectivity index (χ1) is 8.53. The Hall–Kier alpha value is -0.870. The van der Waals surface area contributed by atoms with Crippen LogP contribution in [0.4, 0.5) is 0 Å². The Bertz CT molecular complexity index is 441. The number of hydrogen-bond acceptors (Lipinski definition) is 2. The van der Waals surface area contributed by atoms with Crippen LogP contribution in [0.1, 0.15) is 18.9 Å². The maximum Gasteiger partial charge on any atom is 0.229 e. The molecule has 18 heavy (non-hydrogen) atoms. The molecule has 3 nitrogen and oxygen atoms in total. The van der Waals surface area contributed by atoms with Gasteiger partial charge in [0.1, 0.15) is 0 Å². The number of amides is 1.